The van der Waals surface area contributed by atoms with Crippen LogP contribution in [-0.4, -0.2) is 45.1 Å². The van der Waals surface area contributed by atoms with Crippen molar-refractivity contribution in [3.05, 3.63) is 58.1 Å². The maximum absolute atomic E-state index is 12.6. The third-order valence-corrected chi connectivity index (χ3v) is 5.74. The number of benzene rings is 2. The first kappa shape index (κ1) is 17.1. The summed E-state index contributed by atoms with van der Waals surface area (Å²) in [5.41, 5.74) is 4.16. The van der Waals surface area contributed by atoms with Crippen LogP contribution >= 0.6 is 15.9 Å². The zero-order chi connectivity index (χ0) is 19.6. The van der Waals surface area contributed by atoms with Crippen LogP contribution in [0.3, 0.4) is 0 Å². The first-order valence-electron chi connectivity index (χ1n) is 8.76. The van der Waals surface area contributed by atoms with Crippen molar-refractivity contribution >= 4 is 38.6 Å². The summed E-state index contributed by atoms with van der Waals surface area (Å²) in [5.74, 6) is 0. The molecule has 0 radical (unpaired) electrons. The van der Waals surface area contributed by atoms with Crippen LogP contribution in [0.15, 0.2) is 46.9 Å². The van der Waals surface area contributed by atoms with Crippen LogP contribution in [-0.2, 0) is 10.3 Å². The molecule has 7 nitrogen and oxygen atoms in total. The monoisotopic (exact) mass is 437 g/mol. The summed E-state index contributed by atoms with van der Waals surface area (Å²) in [7, 11) is 3.33. The second kappa shape index (κ2) is 5.75. The lowest BCUT2D eigenvalue weighted by atomic mass is 9.93. The molecule has 0 fully saturated rings. The van der Waals surface area contributed by atoms with Crippen molar-refractivity contribution in [1.82, 2.24) is 24.9 Å². The van der Waals surface area contributed by atoms with E-state index < -0.39 is 11.7 Å². The molecule has 1 aliphatic carbocycles. The van der Waals surface area contributed by atoms with Gasteiger partial charge >= 0.3 is 6.09 Å². The lowest BCUT2D eigenvalue weighted by molar-refractivity contribution is 0.0367. The summed E-state index contributed by atoms with van der Waals surface area (Å²) in [6.07, 6.45) is -0.426. The Labute approximate surface area is 169 Å². The molecule has 1 aliphatic rings. The zero-order valence-electron chi connectivity index (χ0n) is 15.5. The number of ether oxygens (including phenoxy) is 1. The number of fused-ring (bicyclic) bond motifs is 8. The largest absolute Gasteiger partial charge is 0.433 e. The Kier molecular flexibility index (Phi) is 3.51. The molecular weight excluding hydrogens is 422 g/mol. The van der Waals surface area contributed by atoms with Crippen molar-refractivity contribution in [2.75, 3.05) is 14.1 Å². The molecule has 0 bridgehead atoms. The SMILES string of the molecule is CN(C)C(=O)OC1(C)c2ccccc2-c2c1c1nnnn1c1ccc(Br)cc21. The van der Waals surface area contributed by atoms with E-state index in [1.54, 1.807) is 18.6 Å². The number of nitrogens with zero attached hydrogens (tertiary/aromatic N) is 5. The summed E-state index contributed by atoms with van der Waals surface area (Å²) in [5, 5.41) is 13.3. The number of halogens is 1. The molecule has 2 heterocycles. The molecule has 2 aromatic heterocycles. The van der Waals surface area contributed by atoms with Crippen LogP contribution in [0.25, 0.3) is 27.7 Å². The van der Waals surface area contributed by atoms with E-state index in [0.29, 0.717) is 5.65 Å². The normalized spacial score (nSPS) is 17.6. The number of hydrogen-bond donors (Lipinski definition) is 0. The standard InChI is InChI=1S/C20H16BrN5O2/c1-20(28-19(27)25(2)3)14-7-5-4-6-12(14)16-13-10-11(21)8-9-15(13)26-18(17(16)20)22-23-24-26/h4-10H,1-3H3. The summed E-state index contributed by atoms with van der Waals surface area (Å²) >= 11 is 3.57. The number of pyridine rings is 1. The van der Waals surface area contributed by atoms with Crippen LogP contribution in [0.1, 0.15) is 18.1 Å². The fourth-order valence-corrected chi connectivity index (χ4v) is 4.36. The minimum atomic E-state index is -1.01. The van der Waals surface area contributed by atoms with Gasteiger partial charge in [-0.05, 0) is 41.1 Å². The van der Waals surface area contributed by atoms with Gasteiger partial charge in [-0.2, -0.15) is 4.52 Å². The fourth-order valence-electron chi connectivity index (χ4n) is 4.00. The molecular formula is C20H16BrN5O2. The van der Waals surface area contributed by atoms with Crippen LogP contribution in [0.2, 0.25) is 0 Å². The van der Waals surface area contributed by atoms with Gasteiger partial charge in [0.2, 0.25) is 0 Å². The van der Waals surface area contributed by atoms with Gasteiger partial charge in [-0.1, -0.05) is 40.2 Å². The van der Waals surface area contributed by atoms with E-state index in [9.17, 15) is 4.79 Å². The van der Waals surface area contributed by atoms with Crippen molar-refractivity contribution in [2.24, 2.45) is 0 Å². The Morgan fingerprint density at radius 2 is 2.00 bits per heavy atom. The quantitative estimate of drug-likeness (QED) is 0.450. The molecule has 140 valence electrons. The van der Waals surface area contributed by atoms with Crippen LogP contribution in [0, 0.1) is 0 Å². The fraction of sp³-hybridized carbons (Fsp3) is 0.200. The third kappa shape index (κ3) is 2.15. The Balaban J connectivity index is 1.96. The molecule has 1 unspecified atom stereocenters. The molecule has 5 rings (SSSR count). The van der Waals surface area contributed by atoms with Gasteiger partial charge < -0.3 is 9.64 Å². The van der Waals surface area contributed by atoms with E-state index in [1.165, 1.54) is 4.90 Å². The zero-order valence-corrected chi connectivity index (χ0v) is 17.1. The number of amides is 1. The summed E-state index contributed by atoms with van der Waals surface area (Å²) in [6.45, 7) is 1.90. The van der Waals surface area contributed by atoms with E-state index in [-0.39, 0.29) is 0 Å². The summed E-state index contributed by atoms with van der Waals surface area (Å²) in [6, 6.07) is 14.0. The summed E-state index contributed by atoms with van der Waals surface area (Å²) in [4.78, 5) is 14.0. The lowest BCUT2D eigenvalue weighted by Crippen LogP contribution is -2.34. The lowest BCUT2D eigenvalue weighted by Gasteiger charge is -2.29. The maximum Gasteiger partial charge on any atom is 0.410 e. The maximum atomic E-state index is 12.6. The van der Waals surface area contributed by atoms with Crippen molar-refractivity contribution in [3.63, 3.8) is 0 Å². The molecule has 8 heteroatoms. The van der Waals surface area contributed by atoms with Crippen LogP contribution in [0.5, 0.6) is 0 Å². The Morgan fingerprint density at radius 1 is 1.21 bits per heavy atom. The van der Waals surface area contributed by atoms with Crippen molar-refractivity contribution in [3.8, 4) is 11.1 Å². The average Bonchev–Trinajstić information content (AvgIpc) is 3.24. The molecule has 0 spiro atoms. The first-order chi connectivity index (χ1) is 13.4. The highest BCUT2D eigenvalue weighted by Crippen LogP contribution is 2.53. The molecule has 0 N–H and O–H groups in total. The number of carbonyl (C=O) groups is 1. The van der Waals surface area contributed by atoms with E-state index in [4.69, 9.17) is 4.74 Å². The van der Waals surface area contributed by atoms with Crippen LogP contribution < -0.4 is 0 Å². The van der Waals surface area contributed by atoms with Gasteiger partial charge in [-0.25, -0.2) is 4.79 Å². The minimum Gasteiger partial charge on any atom is -0.433 e. The number of hydrogen-bond acceptors (Lipinski definition) is 5. The van der Waals surface area contributed by atoms with Crippen molar-refractivity contribution in [2.45, 2.75) is 12.5 Å². The van der Waals surface area contributed by atoms with Gasteiger partial charge in [0.05, 0.1) is 11.1 Å². The first-order valence-corrected chi connectivity index (χ1v) is 9.55. The Morgan fingerprint density at radius 3 is 2.79 bits per heavy atom. The van der Waals surface area contributed by atoms with Gasteiger partial charge in [-0.15, -0.1) is 5.10 Å². The van der Waals surface area contributed by atoms with Crippen molar-refractivity contribution in [1.29, 1.82) is 0 Å². The highest BCUT2D eigenvalue weighted by atomic mass is 79.9. The number of tetrazole rings is 1. The number of carbonyl (C=O) groups excluding carboxylic acids is 1. The summed E-state index contributed by atoms with van der Waals surface area (Å²) < 4.78 is 8.69. The molecule has 28 heavy (non-hydrogen) atoms. The highest BCUT2D eigenvalue weighted by molar-refractivity contribution is 9.10. The van der Waals surface area contributed by atoms with Crippen molar-refractivity contribution < 1.29 is 9.53 Å². The van der Waals surface area contributed by atoms with Crippen LogP contribution in [0.4, 0.5) is 4.79 Å². The number of aromatic nitrogens is 4. The molecule has 0 aliphatic heterocycles. The smallest absolute Gasteiger partial charge is 0.410 e. The predicted octanol–water partition coefficient (Wildman–Crippen LogP) is 3.98. The molecule has 2 aromatic carbocycles. The molecule has 0 saturated carbocycles. The highest BCUT2D eigenvalue weighted by Gasteiger charge is 2.46. The molecule has 0 saturated heterocycles. The van der Waals surface area contributed by atoms with Gasteiger partial charge in [0.15, 0.2) is 11.2 Å². The van der Waals surface area contributed by atoms with E-state index >= 15 is 0 Å². The Bertz CT molecular complexity index is 1280. The van der Waals surface area contributed by atoms with E-state index in [2.05, 4.69) is 31.5 Å². The second-order valence-corrected chi connectivity index (χ2v) is 8.08. The predicted molar refractivity (Wildman–Crippen MR) is 108 cm³/mol. The Hall–Kier alpha value is -3.00. The van der Waals surface area contributed by atoms with Gasteiger partial charge in [0, 0.05) is 35.1 Å². The molecule has 1 amide bonds. The molecule has 4 aromatic rings. The minimum absolute atomic E-state index is 0.426. The third-order valence-electron chi connectivity index (χ3n) is 5.24. The van der Waals surface area contributed by atoms with Gasteiger partial charge in [0.25, 0.3) is 0 Å². The van der Waals surface area contributed by atoms with E-state index in [0.717, 1.165) is 37.6 Å². The van der Waals surface area contributed by atoms with Gasteiger partial charge in [-0.3, -0.25) is 0 Å². The topological polar surface area (TPSA) is 72.6 Å². The molecule has 1 atom stereocenters. The number of rotatable bonds is 1. The van der Waals surface area contributed by atoms with Gasteiger partial charge in [0.1, 0.15) is 0 Å². The second-order valence-electron chi connectivity index (χ2n) is 7.17. The average molecular weight is 438 g/mol. The van der Waals surface area contributed by atoms with E-state index in [1.807, 2.05) is 49.4 Å².